The van der Waals surface area contributed by atoms with Gasteiger partial charge in [-0.15, -0.1) is 0 Å². The molecule has 2 aromatic carbocycles. The SMILES string of the molecule is C.CN(C)CCCOc1ccc(-c2ccc3ncc4c(c3c2)C2(CCN(C)CC2)C(=O)N4C)cn1.CN(C)CCCOc1ccc(-c2ccc3ncc4c(c3c2)C2(CCNCC2)C(=O)N4C)cn1. The molecular weight excluding hydrogens is 853 g/mol. The first-order valence-electron chi connectivity index (χ1n) is 23.7. The lowest BCUT2D eigenvalue weighted by Gasteiger charge is -2.37. The van der Waals surface area contributed by atoms with Crippen LogP contribution in [0.4, 0.5) is 11.4 Å². The number of pyridine rings is 4. The van der Waals surface area contributed by atoms with E-state index >= 15 is 0 Å². The van der Waals surface area contributed by atoms with Crippen molar-refractivity contribution in [2.45, 2.75) is 56.8 Å². The van der Waals surface area contributed by atoms with Gasteiger partial charge in [0.2, 0.25) is 23.6 Å². The van der Waals surface area contributed by atoms with Gasteiger partial charge >= 0.3 is 0 Å². The molecule has 8 heterocycles. The largest absolute Gasteiger partial charge is 0.478 e. The number of ether oxygens (including phenoxy) is 2. The number of amides is 2. The number of anilines is 2. The third-order valence-corrected chi connectivity index (χ3v) is 14.2. The molecule has 2 saturated heterocycles. The molecule has 0 aliphatic carbocycles. The first-order chi connectivity index (χ1) is 32.4. The predicted molar refractivity (Wildman–Crippen MR) is 273 cm³/mol. The zero-order valence-corrected chi connectivity index (χ0v) is 40.1. The van der Waals surface area contributed by atoms with Crippen LogP contribution in [0.3, 0.4) is 0 Å². The normalized spacial score (nSPS) is 17.2. The van der Waals surface area contributed by atoms with Gasteiger partial charge in [0.1, 0.15) is 0 Å². The number of hydrogen-bond acceptors (Lipinski definition) is 12. The van der Waals surface area contributed by atoms with Gasteiger partial charge < -0.3 is 39.3 Å². The summed E-state index contributed by atoms with van der Waals surface area (Å²) in [6.07, 6.45) is 12.7. The van der Waals surface area contributed by atoms with Crippen molar-refractivity contribution in [2.24, 2.45) is 0 Å². The van der Waals surface area contributed by atoms with Crippen LogP contribution in [0.2, 0.25) is 0 Å². The zero-order chi connectivity index (χ0) is 46.9. The molecule has 1 N–H and O–H groups in total. The van der Waals surface area contributed by atoms with Gasteiger partial charge in [-0.1, -0.05) is 19.6 Å². The quantitative estimate of drug-likeness (QED) is 0.123. The summed E-state index contributed by atoms with van der Waals surface area (Å²) in [4.78, 5) is 55.4. The molecule has 4 aliphatic rings. The van der Waals surface area contributed by atoms with Crippen molar-refractivity contribution in [3.63, 3.8) is 0 Å². The number of nitrogens with one attached hydrogen (secondary N) is 1. The third-order valence-electron chi connectivity index (χ3n) is 14.2. The molecule has 0 saturated carbocycles. The van der Waals surface area contributed by atoms with Crippen molar-refractivity contribution >= 4 is 45.0 Å². The summed E-state index contributed by atoms with van der Waals surface area (Å²) in [5.74, 6) is 1.67. The Balaban J connectivity index is 0.000000181. The highest BCUT2D eigenvalue weighted by molar-refractivity contribution is 6.13. The van der Waals surface area contributed by atoms with Crippen molar-refractivity contribution in [3.8, 4) is 34.0 Å². The second-order valence-electron chi connectivity index (χ2n) is 19.2. The van der Waals surface area contributed by atoms with E-state index in [1.807, 2.05) is 68.0 Å². The number of hydrogen-bond donors (Lipinski definition) is 1. The van der Waals surface area contributed by atoms with E-state index in [1.165, 1.54) is 0 Å². The fourth-order valence-electron chi connectivity index (χ4n) is 10.5. The summed E-state index contributed by atoms with van der Waals surface area (Å²) in [5.41, 5.74) is 9.27. The maximum Gasteiger partial charge on any atom is 0.237 e. The molecule has 2 amide bonds. The van der Waals surface area contributed by atoms with Gasteiger partial charge in [-0.2, -0.15) is 0 Å². The summed E-state index contributed by atoms with van der Waals surface area (Å²) in [7, 11) is 14.1. The van der Waals surface area contributed by atoms with Crippen LogP contribution in [0, 0.1) is 0 Å². The molecule has 10 rings (SSSR count). The molecular formula is C54H68N10O4. The summed E-state index contributed by atoms with van der Waals surface area (Å²) in [6, 6.07) is 20.6. The van der Waals surface area contributed by atoms with Crippen LogP contribution in [0.15, 0.2) is 85.5 Å². The number of carbonyl (C=O) groups excluding carboxylic acids is 2. The number of likely N-dealkylation sites (tertiary alicyclic amines) is 1. The number of fused-ring (bicyclic) bond motifs is 8. The maximum atomic E-state index is 13.5. The first kappa shape index (κ1) is 48.4. The maximum absolute atomic E-state index is 13.5. The van der Waals surface area contributed by atoms with Gasteiger partial charge in [-0.05, 0) is 147 Å². The van der Waals surface area contributed by atoms with Gasteiger partial charge in [0.25, 0.3) is 0 Å². The van der Waals surface area contributed by atoms with Crippen molar-refractivity contribution in [1.29, 1.82) is 0 Å². The van der Waals surface area contributed by atoms with E-state index in [9.17, 15) is 9.59 Å². The number of aromatic nitrogens is 4. The van der Waals surface area contributed by atoms with E-state index in [0.717, 1.165) is 144 Å². The highest BCUT2D eigenvalue weighted by Gasteiger charge is 2.52. The molecule has 0 radical (unpaired) electrons. The van der Waals surface area contributed by atoms with Gasteiger partial charge in [-0.3, -0.25) is 19.6 Å². The molecule has 68 heavy (non-hydrogen) atoms. The molecule has 4 aliphatic heterocycles. The van der Waals surface area contributed by atoms with Gasteiger partial charge in [0, 0.05) is 84.7 Å². The minimum Gasteiger partial charge on any atom is -0.478 e. The summed E-state index contributed by atoms with van der Waals surface area (Å²) in [6.45, 7) is 6.81. The predicted octanol–water partition coefficient (Wildman–Crippen LogP) is 7.43. The van der Waals surface area contributed by atoms with E-state index < -0.39 is 10.8 Å². The molecule has 6 aromatic rings. The second kappa shape index (κ2) is 20.3. The van der Waals surface area contributed by atoms with Crippen molar-refractivity contribution in [2.75, 3.05) is 112 Å². The smallest absolute Gasteiger partial charge is 0.237 e. The minimum atomic E-state index is -0.461. The van der Waals surface area contributed by atoms with Crippen LogP contribution >= 0.6 is 0 Å². The molecule has 0 bridgehead atoms. The van der Waals surface area contributed by atoms with E-state index in [0.29, 0.717) is 25.0 Å². The fraction of sp³-hybridized carbons (Fsp3) is 0.444. The van der Waals surface area contributed by atoms with Gasteiger partial charge in [0.15, 0.2) is 0 Å². The van der Waals surface area contributed by atoms with Crippen LogP contribution in [0.25, 0.3) is 44.1 Å². The highest BCUT2D eigenvalue weighted by Crippen LogP contribution is 2.51. The molecule has 2 fully saturated rings. The van der Waals surface area contributed by atoms with E-state index in [4.69, 9.17) is 14.5 Å². The topological polar surface area (TPSA) is 132 Å². The number of likely N-dealkylation sites (N-methyl/N-ethyl adjacent to an activating group) is 2. The third kappa shape index (κ3) is 9.26. The average molecular weight is 921 g/mol. The Morgan fingerprint density at radius 1 is 0.574 bits per heavy atom. The molecule has 2 spiro atoms. The summed E-state index contributed by atoms with van der Waals surface area (Å²) < 4.78 is 11.6. The monoisotopic (exact) mass is 921 g/mol. The van der Waals surface area contributed by atoms with Crippen molar-refractivity contribution in [3.05, 3.63) is 96.6 Å². The Kier molecular flexibility index (Phi) is 14.4. The Hall–Kier alpha value is -6.06. The molecule has 4 aromatic heterocycles. The van der Waals surface area contributed by atoms with Crippen LogP contribution in [0.1, 0.15) is 57.1 Å². The number of nitrogens with zero attached hydrogens (tertiary/aromatic N) is 9. The molecule has 14 nitrogen and oxygen atoms in total. The van der Waals surface area contributed by atoms with E-state index in [-0.39, 0.29) is 19.2 Å². The molecule has 358 valence electrons. The Labute approximate surface area is 401 Å². The molecule has 0 unspecified atom stereocenters. The van der Waals surface area contributed by atoms with Crippen LogP contribution < -0.4 is 24.6 Å². The second-order valence-corrected chi connectivity index (χ2v) is 19.2. The summed E-state index contributed by atoms with van der Waals surface area (Å²) in [5, 5.41) is 5.54. The number of benzene rings is 2. The average Bonchev–Trinajstić information content (AvgIpc) is 3.68. The Bertz CT molecular complexity index is 2750. The zero-order valence-electron chi connectivity index (χ0n) is 40.1. The summed E-state index contributed by atoms with van der Waals surface area (Å²) >= 11 is 0. The number of carbonyl (C=O) groups is 2. The molecule has 0 atom stereocenters. The van der Waals surface area contributed by atoms with Crippen molar-refractivity contribution in [1.82, 2.24) is 40.0 Å². The Morgan fingerprint density at radius 3 is 1.41 bits per heavy atom. The molecule has 14 heteroatoms. The Morgan fingerprint density at radius 2 is 1.00 bits per heavy atom. The number of rotatable bonds is 12. The van der Waals surface area contributed by atoms with Crippen LogP contribution in [0.5, 0.6) is 11.8 Å². The van der Waals surface area contributed by atoms with E-state index in [2.05, 4.69) is 107 Å². The van der Waals surface area contributed by atoms with Gasteiger partial charge in [-0.25, -0.2) is 9.97 Å². The standard InChI is InChI=1S/C27H33N5O2.C26H31N5O2.CH4/c1-30(2)12-5-15-34-24-9-7-20(17-29-24)19-6-8-22-21(16-19)25-23(18-28-22)32(4)26(33)27(25)10-13-31(3)14-11-27;1-30(2)13-4-14-33-23-8-6-19(16-29-23)18-5-7-21-20(15-18)24-22(17-28-21)31(3)25(32)26(24)9-11-27-12-10-26;/h6-9,16-18H,5,10-15H2,1-4H3;5-8,15-17,27H,4,9-14H2,1-3H3;1H4. The lowest BCUT2D eigenvalue weighted by atomic mass is 9.72. The lowest BCUT2D eigenvalue weighted by molar-refractivity contribution is -0.124. The fourth-order valence-corrected chi connectivity index (χ4v) is 10.5. The lowest BCUT2D eigenvalue weighted by Crippen LogP contribution is -2.47. The van der Waals surface area contributed by atoms with E-state index in [1.54, 1.807) is 4.90 Å². The van der Waals surface area contributed by atoms with Gasteiger partial charge in [0.05, 0.1) is 58.8 Å². The van der Waals surface area contributed by atoms with Crippen LogP contribution in [-0.4, -0.2) is 148 Å². The minimum absolute atomic E-state index is 0. The van der Waals surface area contributed by atoms with Crippen LogP contribution in [-0.2, 0) is 20.4 Å². The van der Waals surface area contributed by atoms with Crippen molar-refractivity contribution < 1.29 is 19.1 Å². The number of piperidine rings is 2. The highest BCUT2D eigenvalue weighted by atomic mass is 16.5. The first-order valence-corrected chi connectivity index (χ1v) is 23.7.